The van der Waals surface area contributed by atoms with Crippen LogP contribution in [-0.4, -0.2) is 23.4 Å². The molecule has 4 nitrogen and oxygen atoms in total. The van der Waals surface area contributed by atoms with Crippen LogP contribution in [0, 0.1) is 6.92 Å². The summed E-state index contributed by atoms with van der Waals surface area (Å²) in [6.45, 7) is 2.09. The van der Waals surface area contributed by atoms with Crippen molar-refractivity contribution in [3.05, 3.63) is 47.5 Å². The maximum atomic E-state index is 4.98. The quantitative estimate of drug-likeness (QED) is 0.387. The first-order valence-electron chi connectivity index (χ1n) is 6.71. The molecule has 106 valence electrons. The van der Waals surface area contributed by atoms with Crippen LogP contribution in [0.4, 0.5) is 0 Å². The molecule has 3 N–H and O–H groups in total. The molecule has 1 heterocycles. The van der Waals surface area contributed by atoms with Crippen molar-refractivity contribution in [3.8, 4) is 0 Å². The third-order valence-electron chi connectivity index (χ3n) is 3.58. The highest BCUT2D eigenvalue weighted by molar-refractivity contribution is 7.80. The van der Waals surface area contributed by atoms with Gasteiger partial charge in [0, 0.05) is 23.3 Å². The molecular weight excluding hydrogens is 280 g/mol. The van der Waals surface area contributed by atoms with Gasteiger partial charge in [0.1, 0.15) is 0 Å². The van der Waals surface area contributed by atoms with Crippen LogP contribution in [0.5, 0.6) is 0 Å². The number of hydrogen-bond donors (Lipinski definition) is 3. The zero-order valence-electron chi connectivity index (χ0n) is 11.9. The summed E-state index contributed by atoms with van der Waals surface area (Å²) >= 11 is 4.98. The lowest BCUT2D eigenvalue weighted by atomic mass is 10.0. The largest absolute Gasteiger partial charge is 0.364 e. The number of thiocarbonyl (C=S) groups is 1. The third-order valence-corrected chi connectivity index (χ3v) is 3.88. The van der Waals surface area contributed by atoms with Gasteiger partial charge in [-0.15, -0.1) is 0 Å². The maximum Gasteiger partial charge on any atom is 0.186 e. The molecule has 0 saturated carbocycles. The van der Waals surface area contributed by atoms with Gasteiger partial charge in [0.15, 0.2) is 5.11 Å². The number of para-hydroxylation sites is 1. The Morgan fingerprint density at radius 1 is 1.19 bits per heavy atom. The molecule has 0 fully saturated rings. The van der Waals surface area contributed by atoms with Crippen molar-refractivity contribution >= 4 is 45.4 Å². The van der Waals surface area contributed by atoms with E-state index in [-0.39, 0.29) is 0 Å². The summed E-state index contributed by atoms with van der Waals surface area (Å²) in [6, 6.07) is 12.5. The molecular formula is C16H16N4S. The Kier molecular flexibility index (Phi) is 3.58. The Morgan fingerprint density at radius 3 is 2.81 bits per heavy atom. The van der Waals surface area contributed by atoms with Gasteiger partial charge in [-0.3, -0.25) is 5.43 Å². The van der Waals surface area contributed by atoms with Crippen molar-refractivity contribution in [2.24, 2.45) is 5.10 Å². The Morgan fingerprint density at radius 2 is 2.00 bits per heavy atom. The van der Waals surface area contributed by atoms with Gasteiger partial charge in [-0.25, -0.2) is 0 Å². The number of nitrogens with one attached hydrogen (secondary N) is 3. The van der Waals surface area contributed by atoms with Crippen molar-refractivity contribution in [3.63, 3.8) is 0 Å². The Balaban J connectivity index is 2.04. The second-order valence-electron chi connectivity index (χ2n) is 4.82. The molecule has 0 unspecified atom stereocenters. The van der Waals surface area contributed by atoms with E-state index in [2.05, 4.69) is 58.1 Å². The van der Waals surface area contributed by atoms with Crippen LogP contribution in [0.15, 0.2) is 41.5 Å². The van der Waals surface area contributed by atoms with Crippen molar-refractivity contribution in [1.29, 1.82) is 0 Å². The molecule has 0 atom stereocenters. The third kappa shape index (κ3) is 2.48. The fraction of sp³-hybridized carbons (Fsp3) is 0.125. The van der Waals surface area contributed by atoms with Gasteiger partial charge >= 0.3 is 0 Å². The molecule has 3 aromatic rings. The van der Waals surface area contributed by atoms with Gasteiger partial charge < -0.3 is 10.3 Å². The molecule has 0 radical (unpaired) electrons. The highest BCUT2D eigenvalue weighted by atomic mass is 32.1. The lowest BCUT2D eigenvalue weighted by Gasteiger charge is -2.03. The summed E-state index contributed by atoms with van der Waals surface area (Å²) in [6.07, 6.45) is 1.78. The Hall–Kier alpha value is -2.40. The van der Waals surface area contributed by atoms with Gasteiger partial charge in [-0.2, -0.15) is 5.10 Å². The number of fused-ring (bicyclic) bond motifs is 3. The highest BCUT2D eigenvalue weighted by Crippen LogP contribution is 2.28. The van der Waals surface area contributed by atoms with Crippen molar-refractivity contribution in [2.75, 3.05) is 7.05 Å². The summed E-state index contributed by atoms with van der Waals surface area (Å²) in [5.41, 5.74) is 7.29. The normalized spacial score (nSPS) is 11.3. The predicted octanol–water partition coefficient (Wildman–Crippen LogP) is 3.06. The maximum absolute atomic E-state index is 4.98. The number of nitrogens with zero attached hydrogens (tertiary/aromatic N) is 1. The van der Waals surface area contributed by atoms with Crippen LogP contribution >= 0.6 is 12.2 Å². The van der Waals surface area contributed by atoms with Crippen LogP contribution < -0.4 is 10.7 Å². The fourth-order valence-electron chi connectivity index (χ4n) is 2.43. The monoisotopic (exact) mass is 296 g/mol. The molecule has 0 aliphatic rings. The molecule has 0 amide bonds. The summed E-state index contributed by atoms with van der Waals surface area (Å²) < 4.78 is 0. The van der Waals surface area contributed by atoms with Crippen LogP contribution in [0.3, 0.4) is 0 Å². The van der Waals surface area contributed by atoms with Crippen LogP contribution in [0.2, 0.25) is 0 Å². The minimum Gasteiger partial charge on any atom is -0.364 e. The van der Waals surface area contributed by atoms with Gasteiger partial charge in [0.2, 0.25) is 0 Å². The summed E-state index contributed by atoms with van der Waals surface area (Å²) in [7, 11) is 1.76. The lowest BCUT2D eigenvalue weighted by molar-refractivity contribution is 0.982. The van der Waals surface area contributed by atoms with Crippen molar-refractivity contribution in [2.45, 2.75) is 6.92 Å². The number of benzene rings is 2. The number of H-pyrrole nitrogens is 1. The lowest BCUT2D eigenvalue weighted by Crippen LogP contribution is -2.28. The second-order valence-corrected chi connectivity index (χ2v) is 5.23. The Bertz CT molecular complexity index is 848. The first kappa shape index (κ1) is 13.6. The molecule has 0 saturated heterocycles. The smallest absolute Gasteiger partial charge is 0.186 e. The van der Waals surface area contributed by atoms with E-state index < -0.39 is 0 Å². The average Bonchev–Trinajstić information content (AvgIpc) is 2.89. The van der Waals surface area contributed by atoms with E-state index in [1.807, 2.05) is 6.07 Å². The number of rotatable bonds is 2. The van der Waals surface area contributed by atoms with E-state index in [1.165, 1.54) is 16.3 Å². The van der Waals surface area contributed by atoms with Crippen molar-refractivity contribution < 1.29 is 0 Å². The molecule has 3 rings (SSSR count). The molecule has 2 aromatic carbocycles. The minimum atomic E-state index is 0.496. The average molecular weight is 296 g/mol. The Labute approximate surface area is 128 Å². The molecule has 0 spiro atoms. The van der Waals surface area contributed by atoms with Gasteiger partial charge in [-0.05, 0) is 36.3 Å². The molecule has 0 aliphatic heterocycles. The molecule has 5 heteroatoms. The van der Waals surface area contributed by atoms with Crippen LogP contribution in [0.25, 0.3) is 21.8 Å². The van der Waals surface area contributed by atoms with E-state index in [9.17, 15) is 0 Å². The predicted molar refractivity (Wildman–Crippen MR) is 92.9 cm³/mol. The van der Waals surface area contributed by atoms with Gasteiger partial charge in [0.25, 0.3) is 0 Å². The standard InChI is InChI=1S/C16H16N4S/c1-10-11(9-18-20-16(21)17-2)7-8-13-12-5-3-4-6-14(12)19-15(10)13/h3-9,19H,1-2H3,(H2,17,20,21). The number of aromatic nitrogens is 1. The first-order chi connectivity index (χ1) is 10.2. The fourth-order valence-corrected chi connectivity index (χ4v) is 2.48. The van der Waals surface area contributed by atoms with E-state index in [4.69, 9.17) is 12.2 Å². The van der Waals surface area contributed by atoms with Crippen molar-refractivity contribution in [1.82, 2.24) is 15.7 Å². The zero-order chi connectivity index (χ0) is 14.8. The number of hydrogen-bond acceptors (Lipinski definition) is 2. The highest BCUT2D eigenvalue weighted by Gasteiger charge is 2.07. The summed E-state index contributed by atoms with van der Waals surface area (Å²) in [5.74, 6) is 0. The van der Waals surface area contributed by atoms with E-state index in [0.29, 0.717) is 5.11 Å². The minimum absolute atomic E-state index is 0.496. The van der Waals surface area contributed by atoms with E-state index >= 15 is 0 Å². The van der Waals surface area contributed by atoms with Crippen LogP contribution in [0.1, 0.15) is 11.1 Å². The first-order valence-corrected chi connectivity index (χ1v) is 7.12. The summed E-state index contributed by atoms with van der Waals surface area (Å²) in [5, 5.41) is 9.93. The molecule has 0 bridgehead atoms. The number of hydrazone groups is 1. The number of aryl methyl sites for hydroxylation is 1. The molecule has 21 heavy (non-hydrogen) atoms. The second kappa shape index (κ2) is 5.54. The topological polar surface area (TPSA) is 52.2 Å². The van der Waals surface area contributed by atoms with Gasteiger partial charge in [0.05, 0.1) is 11.7 Å². The van der Waals surface area contributed by atoms with E-state index in [1.54, 1.807) is 13.3 Å². The zero-order valence-corrected chi connectivity index (χ0v) is 12.7. The summed E-state index contributed by atoms with van der Waals surface area (Å²) in [4.78, 5) is 3.48. The van der Waals surface area contributed by atoms with Gasteiger partial charge in [-0.1, -0.05) is 30.3 Å². The SMILES string of the molecule is CNC(=S)NN=Cc1ccc2c([nH]c3ccccc32)c1C. The number of aromatic amines is 1. The van der Waals surface area contributed by atoms with E-state index in [0.717, 1.165) is 16.6 Å². The molecule has 1 aromatic heterocycles. The molecule has 0 aliphatic carbocycles. The van der Waals surface area contributed by atoms with Crippen LogP contribution in [-0.2, 0) is 0 Å².